The third kappa shape index (κ3) is 2.90. The lowest BCUT2D eigenvalue weighted by molar-refractivity contribution is -0.190. The van der Waals surface area contributed by atoms with E-state index >= 15 is 0 Å². The van der Waals surface area contributed by atoms with Crippen molar-refractivity contribution in [2.45, 2.75) is 38.8 Å². The van der Waals surface area contributed by atoms with Crippen LogP contribution in [0.3, 0.4) is 0 Å². The molecule has 2 unspecified atom stereocenters. The Balaban J connectivity index is 2.01. The second-order valence-electron chi connectivity index (χ2n) is 7.27. The lowest BCUT2D eigenvalue weighted by Gasteiger charge is -2.58. The van der Waals surface area contributed by atoms with Crippen molar-refractivity contribution < 1.29 is 23.8 Å². The van der Waals surface area contributed by atoms with Gasteiger partial charge in [-0.25, -0.2) is 9.18 Å². The molecule has 3 rings (SSSR count). The van der Waals surface area contributed by atoms with E-state index in [1.54, 1.807) is 13.8 Å². The predicted octanol–water partition coefficient (Wildman–Crippen LogP) is 2.06. The van der Waals surface area contributed by atoms with Gasteiger partial charge in [-0.1, -0.05) is 13.8 Å². The first-order valence-corrected chi connectivity index (χ1v) is 8.62. The number of benzene rings is 1. The van der Waals surface area contributed by atoms with Gasteiger partial charge in [-0.05, 0) is 25.1 Å². The van der Waals surface area contributed by atoms with Gasteiger partial charge in [0.2, 0.25) is 5.56 Å². The number of carbonyl (C=O) groups is 2. The summed E-state index contributed by atoms with van der Waals surface area (Å²) in [6.45, 7) is 5.69. The highest BCUT2D eigenvalue weighted by Crippen LogP contribution is 2.51. The highest BCUT2D eigenvalue weighted by molar-refractivity contribution is 6.07. The van der Waals surface area contributed by atoms with Crippen LogP contribution in [-0.2, 0) is 9.53 Å². The molecule has 1 aliphatic carbocycles. The monoisotopic (exact) mass is 376 g/mol. The topological polar surface area (TPSA) is 108 Å². The Bertz CT molecular complexity index is 984. The highest BCUT2D eigenvalue weighted by Gasteiger charge is 2.66. The van der Waals surface area contributed by atoms with Gasteiger partial charge in [0.05, 0.1) is 17.2 Å². The van der Waals surface area contributed by atoms with Crippen molar-refractivity contribution >= 4 is 22.8 Å². The van der Waals surface area contributed by atoms with E-state index in [0.29, 0.717) is 12.0 Å². The van der Waals surface area contributed by atoms with E-state index in [-0.39, 0.29) is 23.6 Å². The van der Waals surface area contributed by atoms with Crippen LogP contribution in [0.4, 0.5) is 4.39 Å². The number of amides is 1. The maximum Gasteiger partial charge on any atom is 0.330 e. The average Bonchev–Trinajstić information content (AvgIpc) is 2.58. The van der Waals surface area contributed by atoms with Gasteiger partial charge in [-0.15, -0.1) is 0 Å². The first-order valence-electron chi connectivity index (χ1n) is 8.62. The fourth-order valence-corrected chi connectivity index (χ4v) is 3.72. The van der Waals surface area contributed by atoms with Gasteiger partial charge >= 0.3 is 5.97 Å². The molecule has 0 saturated heterocycles. The van der Waals surface area contributed by atoms with Crippen molar-refractivity contribution in [3.05, 3.63) is 46.0 Å². The van der Waals surface area contributed by atoms with E-state index in [1.165, 1.54) is 12.1 Å². The Morgan fingerprint density at radius 2 is 2.07 bits per heavy atom. The molecule has 1 aromatic carbocycles. The molecule has 27 heavy (non-hydrogen) atoms. The summed E-state index contributed by atoms with van der Waals surface area (Å²) in [5.41, 5.74) is -2.81. The smallest absolute Gasteiger partial charge is 0.330 e. The molecule has 1 saturated carbocycles. The van der Waals surface area contributed by atoms with Crippen LogP contribution >= 0.6 is 0 Å². The zero-order chi connectivity index (χ0) is 20.0. The van der Waals surface area contributed by atoms with Gasteiger partial charge in [0.15, 0.2) is 0 Å². The minimum Gasteiger partial charge on any atom is -0.479 e. The van der Waals surface area contributed by atoms with Crippen LogP contribution in [0.25, 0.3) is 10.9 Å². The molecule has 1 fully saturated rings. The van der Waals surface area contributed by atoms with Crippen LogP contribution < -0.4 is 10.9 Å². The van der Waals surface area contributed by atoms with Crippen molar-refractivity contribution in [2.75, 3.05) is 6.61 Å². The van der Waals surface area contributed by atoms with Crippen LogP contribution in [0.2, 0.25) is 0 Å². The minimum absolute atomic E-state index is 0.00923. The fraction of sp³-hybridized carbons (Fsp3) is 0.421. The van der Waals surface area contributed by atoms with Crippen molar-refractivity contribution in [1.82, 2.24) is 10.3 Å². The summed E-state index contributed by atoms with van der Waals surface area (Å²) in [5, 5.41) is 12.7. The number of ether oxygens (including phenoxy) is 1. The molecule has 8 heteroatoms. The number of carbonyl (C=O) groups excluding carboxylic acids is 1. The fourth-order valence-electron chi connectivity index (χ4n) is 3.72. The van der Waals surface area contributed by atoms with E-state index in [0.717, 1.165) is 12.1 Å². The number of aliphatic carboxylic acids is 1. The van der Waals surface area contributed by atoms with Crippen molar-refractivity contribution in [3.8, 4) is 0 Å². The molecule has 7 nitrogen and oxygen atoms in total. The number of pyridine rings is 1. The number of carboxylic acid groups (broad SMARTS) is 1. The third-order valence-corrected chi connectivity index (χ3v) is 5.51. The summed E-state index contributed by atoms with van der Waals surface area (Å²) >= 11 is 0. The van der Waals surface area contributed by atoms with Gasteiger partial charge in [0, 0.05) is 29.9 Å². The quantitative estimate of drug-likeness (QED) is 0.740. The Hall–Kier alpha value is -2.74. The third-order valence-electron chi connectivity index (χ3n) is 5.51. The van der Waals surface area contributed by atoms with E-state index < -0.39 is 34.2 Å². The number of carboxylic acids is 1. The van der Waals surface area contributed by atoms with Crippen LogP contribution in [0.1, 0.15) is 37.6 Å². The highest BCUT2D eigenvalue weighted by atomic mass is 19.1. The van der Waals surface area contributed by atoms with E-state index in [4.69, 9.17) is 4.74 Å². The average molecular weight is 376 g/mol. The van der Waals surface area contributed by atoms with Crippen molar-refractivity contribution in [3.63, 3.8) is 0 Å². The zero-order valence-electron chi connectivity index (χ0n) is 15.3. The standard InChI is InChI=1S/C19H21FN2O5/c1-4-27-14-9-19(17(25)26,18(14,2)3)22-16(24)12-8-15(23)21-13-7-10(20)5-6-11(12)13/h5-8,14H,4,9H2,1-3H3,(H,21,23)(H,22,24)(H,25,26). The Morgan fingerprint density at radius 3 is 2.67 bits per heavy atom. The molecule has 0 bridgehead atoms. The Morgan fingerprint density at radius 1 is 1.37 bits per heavy atom. The zero-order valence-corrected chi connectivity index (χ0v) is 15.3. The molecular formula is C19H21FN2O5. The molecule has 0 radical (unpaired) electrons. The largest absolute Gasteiger partial charge is 0.479 e. The number of aromatic amines is 1. The van der Waals surface area contributed by atoms with Gasteiger partial charge < -0.3 is 20.1 Å². The lowest BCUT2D eigenvalue weighted by atomic mass is 9.54. The summed E-state index contributed by atoms with van der Waals surface area (Å²) in [6.07, 6.45) is -0.200. The van der Waals surface area contributed by atoms with E-state index in [9.17, 15) is 23.9 Å². The second-order valence-corrected chi connectivity index (χ2v) is 7.27. The number of halogens is 1. The second kappa shape index (κ2) is 6.45. The van der Waals surface area contributed by atoms with Crippen LogP contribution in [0, 0.1) is 11.2 Å². The first kappa shape index (κ1) is 19.0. The van der Waals surface area contributed by atoms with Crippen molar-refractivity contribution in [2.24, 2.45) is 5.41 Å². The normalized spacial score (nSPS) is 23.6. The molecule has 1 heterocycles. The van der Waals surface area contributed by atoms with Gasteiger partial charge in [-0.3, -0.25) is 9.59 Å². The molecule has 144 valence electrons. The summed E-state index contributed by atoms with van der Waals surface area (Å²) < 4.78 is 19.0. The molecule has 1 amide bonds. The SMILES string of the molecule is CCOC1CC(NC(=O)c2cc(=O)[nH]c3cc(F)ccc23)(C(=O)O)C1(C)C. The lowest BCUT2D eigenvalue weighted by Crippen LogP contribution is -2.76. The summed E-state index contributed by atoms with van der Waals surface area (Å²) in [7, 11) is 0. The number of rotatable bonds is 5. The van der Waals surface area contributed by atoms with E-state index in [1.807, 2.05) is 6.92 Å². The molecule has 1 aromatic heterocycles. The summed E-state index contributed by atoms with van der Waals surface area (Å²) in [5.74, 6) is -2.43. The molecule has 2 atom stereocenters. The van der Waals surface area contributed by atoms with Crippen LogP contribution in [0.15, 0.2) is 29.1 Å². The number of hydrogen-bond acceptors (Lipinski definition) is 4. The van der Waals surface area contributed by atoms with Crippen molar-refractivity contribution in [1.29, 1.82) is 0 Å². The number of fused-ring (bicyclic) bond motifs is 1. The molecule has 0 spiro atoms. The van der Waals surface area contributed by atoms with Gasteiger partial charge in [0.25, 0.3) is 5.91 Å². The number of H-pyrrole nitrogens is 1. The maximum atomic E-state index is 13.4. The number of aromatic nitrogens is 1. The Kier molecular flexibility index (Phi) is 4.55. The summed E-state index contributed by atoms with van der Waals surface area (Å²) in [6, 6.07) is 4.73. The molecule has 1 aliphatic rings. The van der Waals surface area contributed by atoms with Gasteiger partial charge in [0.1, 0.15) is 11.4 Å². The summed E-state index contributed by atoms with van der Waals surface area (Å²) in [4.78, 5) is 39.3. The van der Waals surface area contributed by atoms with Gasteiger partial charge in [-0.2, -0.15) is 0 Å². The van der Waals surface area contributed by atoms with Crippen LogP contribution in [-0.4, -0.2) is 40.2 Å². The maximum absolute atomic E-state index is 13.4. The molecule has 2 aromatic rings. The van der Waals surface area contributed by atoms with Crippen LogP contribution in [0.5, 0.6) is 0 Å². The number of hydrogen-bond donors (Lipinski definition) is 3. The van der Waals surface area contributed by atoms with E-state index in [2.05, 4.69) is 10.3 Å². The predicted molar refractivity (Wildman–Crippen MR) is 96.2 cm³/mol. The molecular weight excluding hydrogens is 355 g/mol. The molecule has 0 aliphatic heterocycles. The minimum atomic E-state index is -1.53. The first-order chi connectivity index (χ1) is 12.6. The number of nitrogens with one attached hydrogen (secondary N) is 2. The Labute approximate surface area is 154 Å². The molecule has 3 N–H and O–H groups in total.